The van der Waals surface area contributed by atoms with Crippen molar-refractivity contribution >= 4 is 28.9 Å². The van der Waals surface area contributed by atoms with Gasteiger partial charge in [0.2, 0.25) is 0 Å². The second-order valence-corrected chi connectivity index (χ2v) is 6.68. The van der Waals surface area contributed by atoms with Gasteiger partial charge in [-0.05, 0) is 54.1 Å². The van der Waals surface area contributed by atoms with E-state index < -0.39 is 5.82 Å². The van der Waals surface area contributed by atoms with Crippen LogP contribution in [0.15, 0.2) is 60.7 Å². The van der Waals surface area contributed by atoms with Crippen LogP contribution in [0.2, 0.25) is 10.0 Å². The fourth-order valence-electron chi connectivity index (χ4n) is 2.53. The Morgan fingerprint density at radius 3 is 2.44 bits per heavy atom. The predicted molar refractivity (Wildman–Crippen MR) is 108 cm³/mol. The minimum atomic E-state index is -0.398. The molecular formula is C21H18Cl2FNO2. The molecule has 0 aromatic heterocycles. The molecule has 0 saturated heterocycles. The van der Waals surface area contributed by atoms with Gasteiger partial charge in [0.15, 0.2) is 11.5 Å². The lowest BCUT2D eigenvalue weighted by molar-refractivity contribution is 0.279. The number of anilines is 1. The summed E-state index contributed by atoms with van der Waals surface area (Å²) in [5, 5.41) is 4.33. The largest absolute Gasteiger partial charge is 0.493 e. The van der Waals surface area contributed by atoms with E-state index in [1.807, 2.05) is 36.4 Å². The van der Waals surface area contributed by atoms with Gasteiger partial charge in [0.05, 0.1) is 12.1 Å². The summed E-state index contributed by atoms with van der Waals surface area (Å²) in [6, 6.07) is 17.6. The number of halogens is 3. The molecule has 0 saturated carbocycles. The van der Waals surface area contributed by atoms with Crippen LogP contribution in [0.3, 0.4) is 0 Å². The highest BCUT2D eigenvalue weighted by molar-refractivity contribution is 6.31. The van der Waals surface area contributed by atoms with E-state index in [0.717, 1.165) is 11.3 Å². The van der Waals surface area contributed by atoms with E-state index in [1.54, 1.807) is 25.3 Å². The molecule has 1 N–H and O–H groups in total. The average molecular weight is 406 g/mol. The van der Waals surface area contributed by atoms with Gasteiger partial charge >= 0.3 is 0 Å². The third-order valence-corrected chi connectivity index (χ3v) is 4.61. The molecule has 0 radical (unpaired) electrons. The highest BCUT2D eigenvalue weighted by Gasteiger charge is 2.11. The van der Waals surface area contributed by atoms with Crippen LogP contribution in [0.25, 0.3) is 0 Å². The number of methoxy groups -OCH3 is 1. The molecule has 3 nitrogen and oxygen atoms in total. The first-order valence-electron chi connectivity index (χ1n) is 8.29. The van der Waals surface area contributed by atoms with Gasteiger partial charge in [-0.25, -0.2) is 4.39 Å². The Morgan fingerprint density at radius 1 is 0.963 bits per heavy atom. The third kappa shape index (κ3) is 5.06. The highest BCUT2D eigenvalue weighted by Crippen LogP contribution is 2.30. The van der Waals surface area contributed by atoms with Crippen LogP contribution in [-0.4, -0.2) is 7.11 Å². The summed E-state index contributed by atoms with van der Waals surface area (Å²) in [6.07, 6.45) is 0. The number of rotatable bonds is 7. The summed E-state index contributed by atoms with van der Waals surface area (Å²) >= 11 is 11.9. The summed E-state index contributed by atoms with van der Waals surface area (Å²) in [5.74, 6) is 0.690. The Balaban J connectivity index is 1.67. The first kappa shape index (κ1) is 19.3. The number of hydrogen-bond acceptors (Lipinski definition) is 3. The lowest BCUT2D eigenvalue weighted by Gasteiger charge is -2.14. The van der Waals surface area contributed by atoms with Gasteiger partial charge in [-0.15, -0.1) is 0 Å². The molecule has 3 aromatic rings. The van der Waals surface area contributed by atoms with Crippen LogP contribution in [-0.2, 0) is 13.2 Å². The molecule has 0 aliphatic heterocycles. The molecule has 0 aliphatic rings. The fraction of sp³-hybridized carbons (Fsp3) is 0.143. The number of ether oxygens (including phenoxy) is 2. The van der Waals surface area contributed by atoms with Crippen LogP contribution in [0, 0.1) is 5.82 Å². The van der Waals surface area contributed by atoms with E-state index in [0.29, 0.717) is 33.7 Å². The summed E-state index contributed by atoms with van der Waals surface area (Å²) in [7, 11) is 1.56. The second-order valence-electron chi connectivity index (χ2n) is 5.83. The average Bonchev–Trinajstić information content (AvgIpc) is 2.67. The highest BCUT2D eigenvalue weighted by atomic mass is 35.5. The molecule has 140 valence electrons. The van der Waals surface area contributed by atoms with E-state index in [4.69, 9.17) is 32.7 Å². The van der Waals surface area contributed by atoms with Crippen molar-refractivity contribution in [2.75, 3.05) is 12.4 Å². The van der Waals surface area contributed by atoms with Gasteiger partial charge in [-0.1, -0.05) is 35.3 Å². The summed E-state index contributed by atoms with van der Waals surface area (Å²) in [4.78, 5) is 0. The monoisotopic (exact) mass is 405 g/mol. The lowest BCUT2D eigenvalue weighted by Crippen LogP contribution is -2.03. The van der Waals surface area contributed by atoms with Gasteiger partial charge < -0.3 is 14.8 Å². The van der Waals surface area contributed by atoms with Crippen LogP contribution in [0.5, 0.6) is 11.5 Å². The smallest absolute Gasteiger partial charge is 0.161 e. The minimum absolute atomic E-state index is 0.0181. The zero-order valence-electron chi connectivity index (χ0n) is 14.6. The van der Waals surface area contributed by atoms with E-state index in [1.165, 1.54) is 6.07 Å². The van der Waals surface area contributed by atoms with Gasteiger partial charge in [0.25, 0.3) is 0 Å². The molecule has 0 amide bonds. The summed E-state index contributed by atoms with van der Waals surface area (Å²) in [6.45, 7) is 0.627. The van der Waals surface area contributed by atoms with Crippen molar-refractivity contribution in [3.05, 3.63) is 87.7 Å². The maximum Gasteiger partial charge on any atom is 0.161 e. The van der Waals surface area contributed by atoms with Crippen molar-refractivity contribution in [2.45, 2.75) is 13.2 Å². The minimum Gasteiger partial charge on any atom is -0.493 e. The standard InChI is InChI=1S/C21H18Cl2FNO2/c1-26-21-11-14(12-25-16-8-6-15(22)7-9-16)5-10-20(21)27-13-17-18(23)3-2-4-19(17)24/h2-11,25H,12-13H2,1H3. The normalized spacial score (nSPS) is 10.5. The van der Waals surface area contributed by atoms with Crippen molar-refractivity contribution in [2.24, 2.45) is 0 Å². The first-order valence-corrected chi connectivity index (χ1v) is 9.04. The molecule has 0 heterocycles. The van der Waals surface area contributed by atoms with Crippen LogP contribution >= 0.6 is 23.2 Å². The van der Waals surface area contributed by atoms with Crippen LogP contribution < -0.4 is 14.8 Å². The van der Waals surface area contributed by atoms with E-state index >= 15 is 0 Å². The Bertz CT molecular complexity index is 896. The van der Waals surface area contributed by atoms with E-state index in [9.17, 15) is 4.39 Å². The number of hydrogen-bond donors (Lipinski definition) is 1. The van der Waals surface area contributed by atoms with Gasteiger partial charge in [-0.2, -0.15) is 0 Å². The van der Waals surface area contributed by atoms with Gasteiger partial charge in [0, 0.05) is 22.8 Å². The van der Waals surface area contributed by atoms with Crippen molar-refractivity contribution in [3.8, 4) is 11.5 Å². The molecule has 0 aliphatic carbocycles. The molecule has 0 fully saturated rings. The quantitative estimate of drug-likeness (QED) is 0.497. The first-order chi connectivity index (χ1) is 13.1. The third-order valence-electron chi connectivity index (χ3n) is 4.00. The van der Waals surface area contributed by atoms with Gasteiger partial charge in [0.1, 0.15) is 12.4 Å². The van der Waals surface area contributed by atoms with E-state index in [-0.39, 0.29) is 6.61 Å². The Labute approximate surface area is 167 Å². The van der Waals surface area contributed by atoms with Crippen LogP contribution in [0.4, 0.5) is 10.1 Å². The number of nitrogens with one attached hydrogen (secondary N) is 1. The van der Waals surface area contributed by atoms with Crippen molar-refractivity contribution in [1.29, 1.82) is 0 Å². The van der Waals surface area contributed by atoms with Crippen molar-refractivity contribution < 1.29 is 13.9 Å². The Kier molecular flexibility index (Phi) is 6.43. The molecule has 0 spiro atoms. The molecule has 6 heteroatoms. The van der Waals surface area contributed by atoms with Crippen molar-refractivity contribution in [3.63, 3.8) is 0 Å². The van der Waals surface area contributed by atoms with E-state index in [2.05, 4.69) is 5.32 Å². The molecule has 3 aromatic carbocycles. The Hall–Kier alpha value is -2.43. The number of benzene rings is 3. The maximum atomic E-state index is 13.9. The Morgan fingerprint density at radius 2 is 1.74 bits per heavy atom. The molecule has 0 atom stereocenters. The van der Waals surface area contributed by atoms with Crippen molar-refractivity contribution in [1.82, 2.24) is 0 Å². The maximum absolute atomic E-state index is 13.9. The van der Waals surface area contributed by atoms with Gasteiger partial charge in [-0.3, -0.25) is 0 Å². The zero-order chi connectivity index (χ0) is 19.2. The fourth-order valence-corrected chi connectivity index (χ4v) is 2.88. The second kappa shape index (κ2) is 8.98. The SMILES string of the molecule is COc1cc(CNc2ccc(Cl)cc2)ccc1OCc1c(F)cccc1Cl. The molecule has 0 unspecified atom stereocenters. The van der Waals surface area contributed by atoms with Crippen LogP contribution in [0.1, 0.15) is 11.1 Å². The lowest BCUT2D eigenvalue weighted by atomic mass is 10.2. The molecule has 3 rings (SSSR count). The zero-order valence-corrected chi connectivity index (χ0v) is 16.1. The molecule has 27 heavy (non-hydrogen) atoms. The summed E-state index contributed by atoms with van der Waals surface area (Å²) < 4.78 is 25.0. The molecule has 0 bridgehead atoms. The topological polar surface area (TPSA) is 30.5 Å². The predicted octanol–water partition coefficient (Wildman–Crippen LogP) is 6.33. The molecular weight excluding hydrogens is 388 g/mol. The summed E-state index contributed by atoms with van der Waals surface area (Å²) in [5.41, 5.74) is 2.29.